The van der Waals surface area contributed by atoms with E-state index < -0.39 is 11.7 Å². The number of hydrogen-bond acceptors (Lipinski definition) is 2. The van der Waals surface area contributed by atoms with Gasteiger partial charge in [-0.3, -0.25) is 4.79 Å². The second kappa shape index (κ2) is 6.95. The minimum absolute atomic E-state index is 0.101. The van der Waals surface area contributed by atoms with Crippen molar-refractivity contribution in [1.82, 2.24) is 0 Å². The molecule has 128 valence electrons. The lowest BCUT2D eigenvalue weighted by molar-refractivity contribution is -0.137. The molecule has 6 heteroatoms. The van der Waals surface area contributed by atoms with Gasteiger partial charge in [-0.25, -0.2) is 0 Å². The Morgan fingerprint density at radius 1 is 1.08 bits per heavy atom. The van der Waals surface area contributed by atoms with Crippen LogP contribution in [0.4, 0.5) is 24.5 Å². The maximum atomic E-state index is 12.9. The lowest BCUT2D eigenvalue weighted by atomic mass is 10.1. The van der Waals surface area contributed by atoms with Crippen LogP contribution in [0, 0.1) is 6.92 Å². The average Bonchev–Trinajstić information content (AvgIpc) is 2.48. The minimum Gasteiger partial charge on any atom is -0.376 e. The summed E-state index contributed by atoms with van der Waals surface area (Å²) in [4.78, 5) is 13.8. The first-order chi connectivity index (χ1) is 11.2. The molecule has 0 aliphatic rings. The molecule has 0 saturated heterocycles. The Balaban J connectivity index is 2.22. The number of rotatable bonds is 4. The van der Waals surface area contributed by atoms with Crippen LogP contribution >= 0.6 is 0 Å². The number of carbonyl (C=O) groups excluding carboxylic acids is 1. The molecule has 2 aromatic rings. The predicted molar refractivity (Wildman–Crippen MR) is 89.3 cm³/mol. The lowest BCUT2D eigenvalue weighted by Gasteiger charge is -2.20. The van der Waals surface area contributed by atoms with Crippen LogP contribution in [-0.2, 0) is 17.4 Å². The predicted octanol–water partition coefficient (Wildman–Crippen LogP) is 4.26. The third-order valence-corrected chi connectivity index (χ3v) is 3.57. The summed E-state index contributed by atoms with van der Waals surface area (Å²) in [5.41, 5.74) is 1.74. The van der Waals surface area contributed by atoms with Gasteiger partial charge in [0.15, 0.2) is 0 Å². The van der Waals surface area contributed by atoms with E-state index in [-0.39, 0.29) is 18.0 Å². The summed E-state index contributed by atoms with van der Waals surface area (Å²) in [6.07, 6.45) is -4.36. The molecule has 0 fully saturated rings. The average molecular weight is 336 g/mol. The second-order valence-electron chi connectivity index (χ2n) is 5.83. The van der Waals surface area contributed by atoms with Gasteiger partial charge < -0.3 is 10.2 Å². The quantitative estimate of drug-likeness (QED) is 0.905. The standard InChI is InChI=1S/C18H19F3N2O/c1-12-4-6-13(7-5-12)10-17(24)22-15-11-14(18(19,20)21)8-9-16(15)23(2)3/h4-9,11H,10H2,1-3H3,(H,22,24). The van der Waals surface area contributed by atoms with Gasteiger partial charge in [0, 0.05) is 14.1 Å². The van der Waals surface area contributed by atoms with Crippen LogP contribution in [0.3, 0.4) is 0 Å². The molecule has 2 rings (SSSR count). The summed E-state index contributed by atoms with van der Waals surface area (Å²) in [6.45, 7) is 1.94. The first-order valence-electron chi connectivity index (χ1n) is 7.41. The van der Waals surface area contributed by atoms with Crippen molar-refractivity contribution in [1.29, 1.82) is 0 Å². The van der Waals surface area contributed by atoms with Crippen LogP contribution in [0.1, 0.15) is 16.7 Å². The van der Waals surface area contributed by atoms with E-state index in [1.807, 2.05) is 31.2 Å². The zero-order valence-electron chi connectivity index (χ0n) is 13.7. The summed E-state index contributed by atoms with van der Waals surface area (Å²) in [6, 6.07) is 10.7. The third-order valence-electron chi connectivity index (χ3n) is 3.57. The molecule has 0 aromatic heterocycles. The Bertz CT molecular complexity index is 722. The lowest BCUT2D eigenvalue weighted by Crippen LogP contribution is -2.19. The summed E-state index contributed by atoms with van der Waals surface area (Å²) >= 11 is 0. The smallest absolute Gasteiger partial charge is 0.376 e. The fourth-order valence-electron chi connectivity index (χ4n) is 2.29. The Hall–Kier alpha value is -2.50. The molecule has 0 radical (unpaired) electrons. The van der Waals surface area contributed by atoms with Gasteiger partial charge in [-0.15, -0.1) is 0 Å². The van der Waals surface area contributed by atoms with Crippen molar-refractivity contribution < 1.29 is 18.0 Å². The number of aryl methyl sites for hydroxylation is 1. The van der Waals surface area contributed by atoms with Gasteiger partial charge in [-0.05, 0) is 30.7 Å². The van der Waals surface area contributed by atoms with E-state index in [9.17, 15) is 18.0 Å². The molecule has 0 saturated carbocycles. The van der Waals surface area contributed by atoms with Crippen molar-refractivity contribution >= 4 is 17.3 Å². The highest BCUT2D eigenvalue weighted by Gasteiger charge is 2.31. The molecular formula is C18H19F3N2O. The van der Waals surface area contributed by atoms with E-state index in [1.165, 1.54) is 6.07 Å². The Kier molecular flexibility index (Phi) is 5.17. The van der Waals surface area contributed by atoms with E-state index in [1.54, 1.807) is 19.0 Å². The highest BCUT2D eigenvalue weighted by molar-refractivity contribution is 5.95. The number of amides is 1. The van der Waals surface area contributed by atoms with Gasteiger partial charge in [-0.2, -0.15) is 13.2 Å². The van der Waals surface area contributed by atoms with Gasteiger partial charge >= 0.3 is 6.18 Å². The maximum Gasteiger partial charge on any atom is 0.416 e. The first-order valence-corrected chi connectivity index (χ1v) is 7.41. The van der Waals surface area contributed by atoms with Gasteiger partial charge in [0.1, 0.15) is 0 Å². The number of carbonyl (C=O) groups is 1. The fourth-order valence-corrected chi connectivity index (χ4v) is 2.29. The number of halogens is 3. The van der Waals surface area contributed by atoms with Crippen molar-refractivity contribution in [2.24, 2.45) is 0 Å². The molecule has 0 unspecified atom stereocenters. The van der Waals surface area contributed by atoms with Crippen molar-refractivity contribution in [3.63, 3.8) is 0 Å². The van der Waals surface area contributed by atoms with Crippen LogP contribution in [0.5, 0.6) is 0 Å². The monoisotopic (exact) mass is 336 g/mol. The largest absolute Gasteiger partial charge is 0.416 e. The van der Waals surface area contributed by atoms with E-state index in [0.29, 0.717) is 5.69 Å². The Morgan fingerprint density at radius 3 is 2.25 bits per heavy atom. The number of hydrogen-bond donors (Lipinski definition) is 1. The topological polar surface area (TPSA) is 32.3 Å². The van der Waals surface area contributed by atoms with Crippen molar-refractivity contribution in [2.75, 3.05) is 24.3 Å². The first kappa shape index (κ1) is 17.8. The van der Waals surface area contributed by atoms with Gasteiger partial charge in [0.2, 0.25) is 5.91 Å². The van der Waals surface area contributed by atoms with Crippen LogP contribution in [0.15, 0.2) is 42.5 Å². The number of nitrogens with one attached hydrogen (secondary N) is 1. The molecule has 24 heavy (non-hydrogen) atoms. The second-order valence-corrected chi connectivity index (χ2v) is 5.83. The number of nitrogens with zero attached hydrogens (tertiary/aromatic N) is 1. The zero-order chi connectivity index (χ0) is 17.9. The molecule has 0 heterocycles. The van der Waals surface area contributed by atoms with Crippen LogP contribution < -0.4 is 10.2 Å². The highest BCUT2D eigenvalue weighted by atomic mass is 19.4. The summed E-state index contributed by atoms with van der Waals surface area (Å²) in [5.74, 6) is -0.360. The molecular weight excluding hydrogens is 317 g/mol. The van der Waals surface area contributed by atoms with Crippen molar-refractivity contribution in [3.05, 3.63) is 59.2 Å². The molecule has 2 aromatic carbocycles. The van der Waals surface area contributed by atoms with E-state index in [4.69, 9.17) is 0 Å². The molecule has 0 spiro atoms. The van der Waals surface area contributed by atoms with E-state index in [0.717, 1.165) is 23.3 Å². The number of benzene rings is 2. The Morgan fingerprint density at radius 2 is 1.71 bits per heavy atom. The highest BCUT2D eigenvalue weighted by Crippen LogP contribution is 2.34. The molecule has 1 N–H and O–H groups in total. The van der Waals surface area contributed by atoms with Gasteiger partial charge in [0.05, 0.1) is 23.4 Å². The molecule has 0 bridgehead atoms. The van der Waals surface area contributed by atoms with Crippen LogP contribution in [0.25, 0.3) is 0 Å². The summed E-state index contributed by atoms with van der Waals surface area (Å²) in [5, 5.41) is 2.59. The molecule has 0 atom stereocenters. The van der Waals surface area contributed by atoms with Crippen LogP contribution in [0.2, 0.25) is 0 Å². The molecule has 0 aliphatic carbocycles. The molecule has 3 nitrogen and oxygen atoms in total. The minimum atomic E-state index is -4.46. The van der Waals surface area contributed by atoms with Crippen molar-refractivity contribution in [2.45, 2.75) is 19.5 Å². The Labute approximate surface area is 139 Å². The fraction of sp³-hybridized carbons (Fsp3) is 0.278. The van der Waals surface area contributed by atoms with E-state index in [2.05, 4.69) is 5.32 Å². The normalized spacial score (nSPS) is 11.2. The zero-order valence-corrected chi connectivity index (χ0v) is 13.7. The van der Waals surface area contributed by atoms with Gasteiger partial charge in [0.25, 0.3) is 0 Å². The van der Waals surface area contributed by atoms with Crippen molar-refractivity contribution in [3.8, 4) is 0 Å². The third kappa shape index (κ3) is 4.50. The maximum absolute atomic E-state index is 12.9. The molecule has 1 amide bonds. The van der Waals surface area contributed by atoms with Gasteiger partial charge in [-0.1, -0.05) is 29.8 Å². The number of anilines is 2. The summed E-state index contributed by atoms with van der Waals surface area (Å²) in [7, 11) is 3.41. The van der Waals surface area contributed by atoms with Crippen LogP contribution in [-0.4, -0.2) is 20.0 Å². The SMILES string of the molecule is Cc1ccc(CC(=O)Nc2cc(C(F)(F)F)ccc2N(C)C)cc1. The van der Waals surface area contributed by atoms with E-state index >= 15 is 0 Å². The summed E-state index contributed by atoms with van der Waals surface area (Å²) < 4.78 is 38.7. The molecule has 0 aliphatic heterocycles. The number of alkyl halides is 3.